The summed E-state index contributed by atoms with van der Waals surface area (Å²) >= 11 is 6.24. The molecule has 0 saturated heterocycles. The Balaban J connectivity index is 1.39. The van der Waals surface area contributed by atoms with Crippen molar-refractivity contribution in [3.8, 4) is 5.75 Å². The topological polar surface area (TPSA) is 75.0 Å². The lowest BCUT2D eigenvalue weighted by molar-refractivity contribution is -0.112. The van der Waals surface area contributed by atoms with Gasteiger partial charge in [-0.25, -0.2) is 9.59 Å². The molecule has 1 aliphatic rings. The molecule has 1 aliphatic heterocycles. The smallest absolute Gasteiger partial charge is 0.351 e. The van der Waals surface area contributed by atoms with Gasteiger partial charge in [0.05, 0.1) is 6.61 Å². The average Bonchev–Trinajstić information content (AvgIpc) is 2.82. The molecule has 1 aromatic heterocycles. The van der Waals surface area contributed by atoms with Crippen LogP contribution in [0.3, 0.4) is 0 Å². The molecule has 32 heavy (non-hydrogen) atoms. The summed E-state index contributed by atoms with van der Waals surface area (Å²) in [6.45, 7) is 0.167. The van der Waals surface area contributed by atoms with Gasteiger partial charge in [0.1, 0.15) is 23.5 Å². The zero-order chi connectivity index (χ0) is 22.1. The first-order valence-electron chi connectivity index (χ1n) is 9.93. The predicted octanol–water partition coefficient (Wildman–Crippen LogP) is 5.41. The molecule has 0 unspecified atom stereocenters. The van der Waals surface area contributed by atoms with Crippen molar-refractivity contribution < 1.29 is 23.4 Å². The predicted molar refractivity (Wildman–Crippen MR) is 118 cm³/mol. The third-order valence-electron chi connectivity index (χ3n) is 5.11. The van der Waals surface area contributed by atoms with Crippen molar-refractivity contribution in [2.45, 2.75) is 19.5 Å². The molecule has 0 amide bonds. The molecule has 7 heteroatoms. The van der Waals surface area contributed by atoms with E-state index in [1.807, 2.05) is 30.3 Å². The monoisotopic (exact) mass is 448 g/mol. The molecule has 1 atom stereocenters. The fourth-order valence-corrected chi connectivity index (χ4v) is 3.85. The molecular weight excluding hydrogens is 432 g/mol. The third kappa shape index (κ3) is 3.98. The Labute approximate surface area is 187 Å². The van der Waals surface area contributed by atoms with Gasteiger partial charge in [-0.3, -0.25) is 0 Å². The van der Waals surface area contributed by atoms with E-state index in [-0.39, 0.29) is 12.2 Å². The van der Waals surface area contributed by atoms with Gasteiger partial charge in [-0.2, -0.15) is 0 Å². The van der Waals surface area contributed by atoms with E-state index in [4.69, 9.17) is 30.2 Å². The normalized spacial score (nSPS) is 15.1. The Bertz CT molecular complexity index is 1360. The van der Waals surface area contributed by atoms with Crippen molar-refractivity contribution in [2.24, 2.45) is 0 Å². The number of hydrogen-bond acceptors (Lipinski definition) is 6. The van der Waals surface area contributed by atoms with Gasteiger partial charge in [0, 0.05) is 27.1 Å². The van der Waals surface area contributed by atoms with E-state index in [2.05, 4.69) is 0 Å². The summed E-state index contributed by atoms with van der Waals surface area (Å²) in [5, 5.41) is 1.09. The number of carbonyl (C=O) groups is 1. The van der Waals surface area contributed by atoms with E-state index in [0.29, 0.717) is 33.9 Å². The van der Waals surface area contributed by atoms with Crippen LogP contribution in [0.1, 0.15) is 33.3 Å². The summed E-state index contributed by atoms with van der Waals surface area (Å²) in [6, 6.07) is 21.4. The molecule has 2 heterocycles. The summed E-state index contributed by atoms with van der Waals surface area (Å²) in [6.07, 6.45) is -0.591. The summed E-state index contributed by atoms with van der Waals surface area (Å²) in [5.41, 5.74) is 1.67. The van der Waals surface area contributed by atoms with Crippen LogP contribution in [0.2, 0.25) is 5.02 Å². The first-order valence-corrected chi connectivity index (χ1v) is 10.3. The van der Waals surface area contributed by atoms with Gasteiger partial charge in [0.2, 0.25) is 6.29 Å². The molecule has 0 saturated carbocycles. The number of halogens is 1. The van der Waals surface area contributed by atoms with Crippen molar-refractivity contribution in [1.82, 2.24) is 0 Å². The van der Waals surface area contributed by atoms with Crippen LogP contribution >= 0.6 is 11.6 Å². The zero-order valence-corrected chi connectivity index (χ0v) is 17.5. The molecule has 5 rings (SSSR count). The third-order valence-corrected chi connectivity index (χ3v) is 5.33. The molecule has 0 N–H and O–H groups in total. The van der Waals surface area contributed by atoms with E-state index in [9.17, 15) is 9.59 Å². The fraction of sp³-hybridized carbons (Fsp3) is 0.120. The average molecular weight is 449 g/mol. The summed E-state index contributed by atoms with van der Waals surface area (Å²) in [7, 11) is 0. The highest BCUT2D eigenvalue weighted by molar-refractivity contribution is 6.30. The Hall–Kier alpha value is -3.61. The minimum Gasteiger partial charge on any atom is -0.460 e. The van der Waals surface area contributed by atoms with E-state index in [0.717, 1.165) is 11.1 Å². The van der Waals surface area contributed by atoms with E-state index >= 15 is 0 Å². The summed E-state index contributed by atoms with van der Waals surface area (Å²) in [4.78, 5) is 24.9. The maximum Gasteiger partial charge on any atom is 0.351 e. The molecular formula is C25H17ClO6. The van der Waals surface area contributed by atoms with Crippen LogP contribution in [-0.4, -0.2) is 5.97 Å². The van der Waals surface area contributed by atoms with Gasteiger partial charge in [0.15, 0.2) is 0 Å². The van der Waals surface area contributed by atoms with Gasteiger partial charge in [-0.1, -0.05) is 60.1 Å². The molecule has 0 spiro atoms. The van der Waals surface area contributed by atoms with E-state index < -0.39 is 17.9 Å². The first-order chi connectivity index (χ1) is 15.6. The standard InChI is InChI=1S/C25H17ClO6/c26-19-10-17(22-18(11-19)14-30-25(32-22)15-6-2-1-3-7-15)13-29-23(27)20-12-16-8-4-5-9-21(16)31-24(20)28/h1-12,25H,13-14H2/t25-/m0/s1. The van der Waals surface area contributed by atoms with Crippen molar-refractivity contribution in [2.75, 3.05) is 0 Å². The molecule has 3 aromatic carbocycles. The van der Waals surface area contributed by atoms with Crippen LogP contribution in [0, 0.1) is 0 Å². The second-order valence-electron chi connectivity index (χ2n) is 7.29. The number of esters is 1. The van der Waals surface area contributed by atoms with E-state index in [1.54, 1.807) is 36.4 Å². The number of benzene rings is 3. The first kappa shape index (κ1) is 20.3. The second kappa shape index (κ2) is 8.49. The number of hydrogen-bond donors (Lipinski definition) is 0. The highest BCUT2D eigenvalue weighted by atomic mass is 35.5. The van der Waals surface area contributed by atoms with E-state index in [1.165, 1.54) is 6.07 Å². The second-order valence-corrected chi connectivity index (χ2v) is 7.72. The number of ether oxygens (including phenoxy) is 3. The van der Waals surface area contributed by atoms with Crippen LogP contribution in [0.5, 0.6) is 5.75 Å². The molecule has 0 fully saturated rings. The minimum atomic E-state index is -0.787. The lowest BCUT2D eigenvalue weighted by atomic mass is 10.1. The van der Waals surface area contributed by atoms with Crippen LogP contribution in [0.25, 0.3) is 11.0 Å². The summed E-state index contributed by atoms with van der Waals surface area (Å²) in [5.74, 6) is -0.238. The van der Waals surface area contributed by atoms with Crippen LogP contribution in [0.15, 0.2) is 82.0 Å². The zero-order valence-electron chi connectivity index (χ0n) is 16.7. The molecule has 160 valence electrons. The molecule has 0 radical (unpaired) electrons. The highest BCUT2D eigenvalue weighted by Gasteiger charge is 2.26. The highest BCUT2D eigenvalue weighted by Crippen LogP contribution is 2.38. The van der Waals surface area contributed by atoms with Crippen molar-refractivity contribution in [1.29, 1.82) is 0 Å². The maximum atomic E-state index is 12.6. The Morgan fingerprint density at radius 2 is 1.81 bits per heavy atom. The van der Waals surface area contributed by atoms with Crippen molar-refractivity contribution >= 4 is 28.5 Å². The molecule has 4 aromatic rings. The number of rotatable bonds is 4. The minimum absolute atomic E-state index is 0.129. The van der Waals surface area contributed by atoms with Crippen LogP contribution in [-0.2, 0) is 22.7 Å². The molecule has 0 bridgehead atoms. The lowest BCUT2D eigenvalue weighted by Gasteiger charge is -2.28. The Morgan fingerprint density at radius 3 is 2.66 bits per heavy atom. The molecule has 6 nitrogen and oxygen atoms in total. The fourth-order valence-electron chi connectivity index (χ4n) is 3.58. The van der Waals surface area contributed by atoms with Gasteiger partial charge >= 0.3 is 11.6 Å². The number of carbonyl (C=O) groups excluding carboxylic acids is 1. The van der Waals surface area contributed by atoms with Gasteiger partial charge in [0.25, 0.3) is 0 Å². The number of fused-ring (bicyclic) bond motifs is 2. The van der Waals surface area contributed by atoms with Gasteiger partial charge < -0.3 is 18.6 Å². The van der Waals surface area contributed by atoms with Crippen molar-refractivity contribution in [3.05, 3.63) is 110 Å². The SMILES string of the molecule is O=C(OCc1cc(Cl)cc2c1O[C@@H](c1ccccc1)OC2)c1cc2ccccc2oc1=O. The quantitative estimate of drug-likeness (QED) is 0.307. The number of para-hydroxylation sites is 1. The van der Waals surface area contributed by atoms with Crippen molar-refractivity contribution in [3.63, 3.8) is 0 Å². The van der Waals surface area contributed by atoms with Crippen LogP contribution < -0.4 is 10.4 Å². The summed E-state index contributed by atoms with van der Waals surface area (Å²) < 4.78 is 22.5. The Morgan fingerprint density at radius 1 is 1.03 bits per heavy atom. The Kier molecular flexibility index (Phi) is 5.39. The largest absolute Gasteiger partial charge is 0.460 e. The lowest BCUT2D eigenvalue weighted by Crippen LogP contribution is -2.20. The van der Waals surface area contributed by atoms with Crippen LogP contribution in [0.4, 0.5) is 0 Å². The van der Waals surface area contributed by atoms with Gasteiger partial charge in [-0.15, -0.1) is 0 Å². The molecule has 0 aliphatic carbocycles. The van der Waals surface area contributed by atoms with Gasteiger partial charge in [-0.05, 0) is 24.3 Å². The maximum absolute atomic E-state index is 12.6.